The molecule has 0 bridgehead atoms. The normalized spacial score (nSPS) is 17.4. The number of carbonyl (C=O) groups excluding carboxylic acids is 1. The Bertz CT molecular complexity index is 1340. The molecule has 1 atom stereocenters. The molecule has 1 amide bonds. The molecule has 222 valence electrons. The zero-order valence-corrected chi connectivity index (χ0v) is 22.4. The van der Waals surface area contributed by atoms with Crippen molar-refractivity contribution in [3.8, 4) is 5.75 Å². The highest BCUT2D eigenvalue weighted by Gasteiger charge is 2.38. The van der Waals surface area contributed by atoms with E-state index in [-0.39, 0.29) is 5.91 Å². The summed E-state index contributed by atoms with van der Waals surface area (Å²) in [5.41, 5.74) is 2.58. The molecule has 2 aromatic heterocycles. The van der Waals surface area contributed by atoms with Gasteiger partial charge in [-0.2, -0.15) is 18.3 Å². The molecule has 5 rings (SSSR count). The number of amides is 1. The van der Waals surface area contributed by atoms with Crippen LogP contribution in [0.2, 0.25) is 0 Å². The fourth-order valence-corrected chi connectivity index (χ4v) is 4.39. The third kappa shape index (κ3) is 7.98. The second kappa shape index (κ2) is 13.5. The number of anilines is 3. The molecular weight excluding hydrogens is 547 g/mol. The second-order valence-corrected chi connectivity index (χ2v) is 9.30. The monoisotopic (exact) mass is 579 g/mol. The van der Waals surface area contributed by atoms with E-state index in [0.29, 0.717) is 48.5 Å². The van der Waals surface area contributed by atoms with Crippen LogP contribution in [-0.4, -0.2) is 89.8 Å². The number of rotatable bonds is 7. The summed E-state index contributed by atoms with van der Waals surface area (Å²) in [5.74, 6) is -1.66. The van der Waals surface area contributed by atoms with Gasteiger partial charge < -0.3 is 35.4 Å². The number of hydrogen-bond acceptors (Lipinski definition) is 9. The van der Waals surface area contributed by atoms with Crippen LogP contribution in [0.15, 0.2) is 36.7 Å². The smallest absolute Gasteiger partial charge is 0.490 e. The Kier molecular flexibility index (Phi) is 9.83. The zero-order valence-electron chi connectivity index (χ0n) is 22.4. The molecule has 4 heterocycles. The van der Waals surface area contributed by atoms with E-state index in [1.54, 1.807) is 10.7 Å². The lowest BCUT2D eigenvalue weighted by Gasteiger charge is -2.29. The van der Waals surface area contributed by atoms with E-state index in [2.05, 4.69) is 30.9 Å². The quantitative estimate of drug-likeness (QED) is 0.330. The largest absolute Gasteiger partial charge is 0.492 e. The summed E-state index contributed by atoms with van der Waals surface area (Å²) in [7, 11) is 0. The van der Waals surface area contributed by atoms with E-state index in [4.69, 9.17) is 19.4 Å². The molecule has 0 unspecified atom stereocenters. The summed E-state index contributed by atoms with van der Waals surface area (Å²) >= 11 is 0. The van der Waals surface area contributed by atoms with Gasteiger partial charge in [-0.3, -0.25) is 4.79 Å². The Balaban J connectivity index is 0.000000493. The van der Waals surface area contributed by atoms with Crippen LogP contribution in [0.4, 0.5) is 30.4 Å². The number of fused-ring (bicyclic) bond motifs is 1. The van der Waals surface area contributed by atoms with Crippen molar-refractivity contribution in [2.75, 3.05) is 61.5 Å². The number of aliphatic carboxylic acids is 1. The molecule has 3 aromatic rings. The maximum absolute atomic E-state index is 13.2. The first-order chi connectivity index (χ1) is 19.7. The number of nitrogens with one attached hydrogen (secondary N) is 3. The molecule has 0 saturated carbocycles. The van der Waals surface area contributed by atoms with Crippen LogP contribution in [0.5, 0.6) is 5.75 Å². The highest BCUT2D eigenvalue weighted by molar-refractivity contribution is 6.08. The Morgan fingerprint density at radius 3 is 2.66 bits per heavy atom. The minimum Gasteiger partial charge on any atom is -0.492 e. The molecule has 41 heavy (non-hydrogen) atoms. The first kappa shape index (κ1) is 29.9. The van der Waals surface area contributed by atoms with Crippen molar-refractivity contribution in [1.82, 2.24) is 19.9 Å². The van der Waals surface area contributed by atoms with Gasteiger partial charge in [0.1, 0.15) is 17.1 Å². The van der Waals surface area contributed by atoms with Crippen LogP contribution in [0, 0.1) is 0 Å². The molecule has 0 spiro atoms. The molecule has 2 saturated heterocycles. The number of carboxylic acid groups (broad SMARTS) is 1. The third-order valence-electron chi connectivity index (χ3n) is 6.39. The van der Waals surface area contributed by atoms with Gasteiger partial charge in [-0.25, -0.2) is 14.3 Å². The fraction of sp³-hybridized carbons (Fsp3) is 0.462. The van der Waals surface area contributed by atoms with Gasteiger partial charge in [0.15, 0.2) is 5.65 Å². The van der Waals surface area contributed by atoms with E-state index in [0.717, 1.165) is 50.5 Å². The standard InChI is InChI=1S/C24H31N7O3.C2HF3O2/c1-2-34-21-14-18(30-10-12-33-13-11-30)5-6-20(21)28-24(32)19-16-26-31-9-7-22(29-23(19)31)27-17-4-3-8-25-15-17;3-2(4,5)1(6)7/h5-7,9,14,16-17,25H,2-4,8,10-13,15H2,1H3,(H,27,29)(H,28,32);(H,6,7)/t17-;/m1./s1. The average molecular weight is 580 g/mol. The molecule has 2 fully saturated rings. The number of piperidine rings is 1. The highest BCUT2D eigenvalue weighted by atomic mass is 19.4. The topological polar surface area (TPSA) is 142 Å². The van der Waals surface area contributed by atoms with Gasteiger partial charge in [-0.05, 0) is 44.5 Å². The molecule has 0 aliphatic carbocycles. The van der Waals surface area contributed by atoms with E-state index >= 15 is 0 Å². The summed E-state index contributed by atoms with van der Waals surface area (Å²) in [6, 6.07) is 8.06. The summed E-state index contributed by atoms with van der Waals surface area (Å²) in [6.07, 6.45) is 0.506. The molecule has 4 N–H and O–H groups in total. The predicted molar refractivity (Wildman–Crippen MR) is 145 cm³/mol. The maximum Gasteiger partial charge on any atom is 0.490 e. The van der Waals surface area contributed by atoms with Crippen molar-refractivity contribution in [1.29, 1.82) is 0 Å². The maximum atomic E-state index is 13.2. The highest BCUT2D eigenvalue weighted by Crippen LogP contribution is 2.31. The van der Waals surface area contributed by atoms with Gasteiger partial charge >= 0.3 is 12.1 Å². The fourth-order valence-electron chi connectivity index (χ4n) is 4.39. The number of morpholine rings is 1. The van der Waals surface area contributed by atoms with Crippen molar-refractivity contribution in [2.45, 2.75) is 32.0 Å². The summed E-state index contributed by atoms with van der Waals surface area (Å²) in [6.45, 7) is 7.46. The Hall–Kier alpha value is -4.11. The predicted octanol–water partition coefficient (Wildman–Crippen LogP) is 3.01. The van der Waals surface area contributed by atoms with Crippen LogP contribution in [0.1, 0.15) is 30.1 Å². The van der Waals surface area contributed by atoms with Gasteiger partial charge in [0.25, 0.3) is 5.91 Å². The second-order valence-electron chi connectivity index (χ2n) is 9.30. The van der Waals surface area contributed by atoms with Crippen molar-refractivity contribution >= 4 is 34.7 Å². The molecule has 0 radical (unpaired) electrons. The van der Waals surface area contributed by atoms with E-state index < -0.39 is 12.1 Å². The van der Waals surface area contributed by atoms with E-state index in [1.807, 2.05) is 37.4 Å². The van der Waals surface area contributed by atoms with Gasteiger partial charge in [0, 0.05) is 43.6 Å². The van der Waals surface area contributed by atoms with Gasteiger partial charge in [-0.1, -0.05) is 0 Å². The molecular formula is C26H32F3N7O5. The number of nitrogens with zero attached hydrogens (tertiary/aromatic N) is 4. The number of carbonyl (C=O) groups is 2. The first-order valence-electron chi connectivity index (χ1n) is 13.2. The number of halogens is 3. The van der Waals surface area contributed by atoms with E-state index in [9.17, 15) is 18.0 Å². The summed E-state index contributed by atoms with van der Waals surface area (Å²) in [5, 5.41) is 21.3. The SMILES string of the molecule is CCOc1cc(N2CCOCC2)ccc1NC(=O)c1cnn2ccc(N[C@@H]3CCCNC3)nc12.O=C(O)C(F)(F)F. The van der Waals surface area contributed by atoms with Crippen LogP contribution in [0.3, 0.4) is 0 Å². The van der Waals surface area contributed by atoms with Gasteiger partial charge in [-0.15, -0.1) is 0 Å². The van der Waals surface area contributed by atoms with Crippen molar-refractivity contribution < 1.29 is 37.3 Å². The van der Waals surface area contributed by atoms with Gasteiger partial charge in [0.2, 0.25) is 0 Å². The molecule has 12 nitrogen and oxygen atoms in total. The zero-order chi connectivity index (χ0) is 29.4. The van der Waals surface area contributed by atoms with Crippen LogP contribution < -0.4 is 25.6 Å². The summed E-state index contributed by atoms with van der Waals surface area (Å²) in [4.78, 5) is 29.0. The summed E-state index contributed by atoms with van der Waals surface area (Å²) < 4.78 is 44.7. The van der Waals surface area contributed by atoms with Crippen molar-refractivity contribution in [3.05, 3.63) is 42.2 Å². The number of carboxylic acids is 1. The molecule has 15 heteroatoms. The number of ether oxygens (including phenoxy) is 2. The van der Waals surface area contributed by atoms with Crippen LogP contribution >= 0.6 is 0 Å². The number of hydrogen-bond donors (Lipinski definition) is 4. The minimum absolute atomic E-state index is 0.279. The number of alkyl halides is 3. The van der Waals surface area contributed by atoms with Crippen molar-refractivity contribution in [2.24, 2.45) is 0 Å². The Morgan fingerprint density at radius 1 is 1.24 bits per heavy atom. The lowest BCUT2D eigenvalue weighted by molar-refractivity contribution is -0.192. The average Bonchev–Trinajstić information content (AvgIpc) is 3.38. The first-order valence-corrected chi connectivity index (χ1v) is 13.2. The molecule has 1 aromatic carbocycles. The van der Waals surface area contributed by atoms with Gasteiger partial charge in [0.05, 0.1) is 31.7 Å². The lowest BCUT2D eigenvalue weighted by atomic mass is 10.1. The van der Waals surface area contributed by atoms with E-state index in [1.165, 1.54) is 0 Å². The minimum atomic E-state index is -5.08. The van der Waals surface area contributed by atoms with Crippen molar-refractivity contribution in [3.63, 3.8) is 0 Å². The number of aromatic nitrogens is 3. The molecule has 2 aliphatic rings. The number of benzene rings is 1. The Morgan fingerprint density at radius 2 is 2.00 bits per heavy atom. The van der Waals surface area contributed by atoms with Crippen LogP contribution in [0.25, 0.3) is 5.65 Å². The van der Waals surface area contributed by atoms with Crippen LogP contribution in [-0.2, 0) is 9.53 Å². The third-order valence-corrected chi connectivity index (χ3v) is 6.39. The Labute approximate surface area is 233 Å². The lowest BCUT2D eigenvalue weighted by Crippen LogP contribution is -2.38. The molecule has 2 aliphatic heterocycles.